The molecule has 6 nitrogen and oxygen atoms in total. The van der Waals surface area contributed by atoms with Crippen LogP contribution in [0.5, 0.6) is 0 Å². The van der Waals surface area contributed by atoms with Crippen LogP contribution >= 0.6 is 0 Å². The highest BCUT2D eigenvalue weighted by molar-refractivity contribution is 5.95. The van der Waals surface area contributed by atoms with Gasteiger partial charge in [-0.3, -0.25) is 9.59 Å². The Morgan fingerprint density at radius 3 is 2.42 bits per heavy atom. The van der Waals surface area contributed by atoms with E-state index in [0.717, 1.165) is 18.7 Å². The van der Waals surface area contributed by atoms with Crippen molar-refractivity contribution < 1.29 is 14.0 Å². The lowest BCUT2D eigenvalue weighted by atomic mass is 10.1. The van der Waals surface area contributed by atoms with E-state index in [0.29, 0.717) is 30.8 Å². The Morgan fingerprint density at radius 2 is 1.92 bits per heavy atom. The van der Waals surface area contributed by atoms with Crippen LogP contribution in [0.15, 0.2) is 10.5 Å². The third-order valence-electron chi connectivity index (χ3n) is 4.12. The molecule has 0 fully saturated rings. The minimum atomic E-state index is -0.0696. The average molecular weight is 337 g/mol. The van der Waals surface area contributed by atoms with E-state index >= 15 is 0 Å². The van der Waals surface area contributed by atoms with Crippen LogP contribution in [-0.4, -0.2) is 61.4 Å². The molecule has 0 aliphatic heterocycles. The fourth-order valence-electron chi connectivity index (χ4n) is 2.47. The number of nitrogens with one attached hydrogen (secondary N) is 1. The molecule has 24 heavy (non-hydrogen) atoms. The Balaban J connectivity index is 2.67. The van der Waals surface area contributed by atoms with Crippen molar-refractivity contribution in [1.82, 2.24) is 15.1 Å². The number of carbonyl (C=O) groups excluding carboxylic acids is 2. The van der Waals surface area contributed by atoms with Gasteiger partial charge in [-0.2, -0.15) is 0 Å². The predicted molar refractivity (Wildman–Crippen MR) is 95.2 cm³/mol. The molecule has 1 rings (SSSR count). The smallest absolute Gasteiger partial charge is 0.257 e. The fourth-order valence-corrected chi connectivity index (χ4v) is 2.47. The number of likely N-dealkylation sites (N-methyl/N-ethyl adjacent to an activating group) is 1. The molecule has 0 saturated heterocycles. The molecule has 0 aliphatic rings. The van der Waals surface area contributed by atoms with Crippen LogP contribution < -0.4 is 5.32 Å². The summed E-state index contributed by atoms with van der Waals surface area (Å²) < 4.78 is 5.47. The maximum Gasteiger partial charge on any atom is 0.257 e. The quantitative estimate of drug-likeness (QED) is 0.750. The topological polar surface area (TPSA) is 65.8 Å². The van der Waals surface area contributed by atoms with E-state index in [1.54, 1.807) is 17.9 Å². The SMILES string of the molecule is CC[C@@H](C)N(CCC(=O)NCCN(C)C)C(=O)c1cc(C)oc1C. The summed E-state index contributed by atoms with van der Waals surface area (Å²) in [5, 5.41) is 2.88. The average Bonchev–Trinajstić information content (AvgIpc) is 2.85. The van der Waals surface area contributed by atoms with Crippen molar-refractivity contribution in [1.29, 1.82) is 0 Å². The van der Waals surface area contributed by atoms with E-state index in [9.17, 15) is 9.59 Å². The molecule has 0 aromatic carbocycles. The summed E-state index contributed by atoms with van der Waals surface area (Å²) in [6.45, 7) is 9.49. The number of amides is 2. The van der Waals surface area contributed by atoms with Crippen molar-refractivity contribution >= 4 is 11.8 Å². The predicted octanol–water partition coefficient (Wildman–Crippen LogP) is 2.21. The van der Waals surface area contributed by atoms with Gasteiger partial charge in [0.1, 0.15) is 11.5 Å². The number of aryl methyl sites for hydroxylation is 2. The minimum Gasteiger partial charge on any atom is -0.466 e. The summed E-state index contributed by atoms with van der Waals surface area (Å²) in [6.07, 6.45) is 1.14. The van der Waals surface area contributed by atoms with Gasteiger partial charge in [-0.15, -0.1) is 0 Å². The van der Waals surface area contributed by atoms with Gasteiger partial charge in [0.2, 0.25) is 5.91 Å². The Kier molecular flexibility index (Phi) is 7.98. The summed E-state index contributed by atoms with van der Waals surface area (Å²) >= 11 is 0. The van der Waals surface area contributed by atoms with Crippen LogP contribution in [0.3, 0.4) is 0 Å². The molecule has 6 heteroatoms. The maximum atomic E-state index is 12.8. The van der Waals surface area contributed by atoms with Gasteiger partial charge in [-0.1, -0.05) is 6.92 Å². The van der Waals surface area contributed by atoms with Crippen LogP contribution in [0.25, 0.3) is 0 Å². The molecule has 136 valence electrons. The summed E-state index contributed by atoms with van der Waals surface area (Å²) in [5.74, 6) is 1.25. The number of rotatable bonds is 9. The van der Waals surface area contributed by atoms with E-state index in [-0.39, 0.29) is 17.9 Å². The third kappa shape index (κ3) is 6.00. The van der Waals surface area contributed by atoms with E-state index in [2.05, 4.69) is 5.32 Å². The van der Waals surface area contributed by atoms with Crippen LogP contribution in [0.2, 0.25) is 0 Å². The molecule has 0 saturated carbocycles. The van der Waals surface area contributed by atoms with Gasteiger partial charge < -0.3 is 19.5 Å². The molecule has 2 amide bonds. The van der Waals surface area contributed by atoms with Crippen molar-refractivity contribution in [3.05, 3.63) is 23.2 Å². The number of hydrogen-bond donors (Lipinski definition) is 1. The molecule has 0 aliphatic carbocycles. The van der Waals surface area contributed by atoms with Crippen LogP contribution in [0.4, 0.5) is 0 Å². The highest BCUT2D eigenvalue weighted by atomic mass is 16.3. The van der Waals surface area contributed by atoms with Crippen LogP contribution in [0, 0.1) is 13.8 Å². The molecule has 0 spiro atoms. The molecule has 0 unspecified atom stereocenters. The standard InChI is InChI=1S/C18H31N3O3/c1-7-13(2)21(10-8-17(22)19-9-11-20(5)6)18(23)16-12-14(3)24-15(16)4/h12-13H,7-11H2,1-6H3,(H,19,22)/t13-/m1/s1. The molecule has 0 bridgehead atoms. The van der Waals surface area contributed by atoms with Gasteiger partial charge in [0.05, 0.1) is 5.56 Å². The highest BCUT2D eigenvalue weighted by Gasteiger charge is 2.24. The third-order valence-corrected chi connectivity index (χ3v) is 4.12. The van der Waals surface area contributed by atoms with Gasteiger partial charge in [-0.05, 0) is 47.4 Å². The molecule has 0 radical (unpaired) electrons. The van der Waals surface area contributed by atoms with Gasteiger partial charge in [0, 0.05) is 32.1 Å². The summed E-state index contributed by atoms with van der Waals surface area (Å²) in [6, 6.07) is 1.84. The number of furan rings is 1. The van der Waals surface area contributed by atoms with Crippen LogP contribution in [0.1, 0.15) is 48.6 Å². The largest absolute Gasteiger partial charge is 0.466 e. The summed E-state index contributed by atoms with van der Waals surface area (Å²) in [7, 11) is 3.93. The summed E-state index contributed by atoms with van der Waals surface area (Å²) in [5.41, 5.74) is 0.584. The van der Waals surface area contributed by atoms with Gasteiger partial charge in [0.15, 0.2) is 0 Å². The minimum absolute atomic E-state index is 0.0296. The lowest BCUT2D eigenvalue weighted by molar-refractivity contribution is -0.121. The summed E-state index contributed by atoms with van der Waals surface area (Å²) in [4.78, 5) is 28.6. The molecular formula is C18H31N3O3. The lowest BCUT2D eigenvalue weighted by Crippen LogP contribution is -2.41. The first kappa shape index (κ1) is 20.2. The Morgan fingerprint density at radius 1 is 1.25 bits per heavy atom. The Bertz CT molecular complexity index is 552. The first-order chi connectivity index (χ1) is 11.3. The van der Waals surface area contributed by atoms with E-state index < -0.39 is 0 Å². The van der Waals surface area contributed by atoms with E-state index in [4.69, 9.17) is 4.42 Å². The zero-order valence-electron chi connectivity index (χ0n) is 15.8. The van der Waals surface area contributed by atoms with Crippen molar-refractivity contribution in [2.24, 2.45) is 0 Å². The molecule has 1 heterocycles. The second-order valence-electron chi connectivity index (χ2n) is 6.49. The zero-order chi connectivity index (χ0) is 18.3. The molecular weight excluding hydrogens is 306 g/mol. The Hall–Kier alpha value is -1.82. The highest BCUT2D eigenvalue weighted by Crippen LogP contribution is 2.18. The van der Waals surface area contributed by atoms with E-state index in [1.165, 1.54) is 0 Å². The molecule has 1 N–H and O–H groups in total. The van der Waals surface area contributed by atoms with Gasteiger partial charge >= 0.3 is 0 Å². The van der Waals surface area contributed by atoms with Crippen molar-refractivity contribution in [3.63, 3.8) is 0 Å². The second kappa shape index (κ2) is 9.47. The fraction of sp³-hybridized carbons (Fsp3) is 0.667. The first-order valence-corrected chi connectivity index (χ1v) is 8.55. The monoisotopic (exact) mass is 337 g/mol. The number of nitrogens with zero attached hydrogens (tertiary/aromatic N) is 2. The van der Waals surface area contributed by atoms with Crippen LogP contribution in [-0.2, 0) is 4.79 Å². The number of carbonyl (C=O) groups is 2. The first-order valence-electron chi connectivity index (χ1n) is 8.55. The normalized spacial score (nSPS) is 12.3. The molecule has 1 aromatic heterocycles. The van der Waals surface area contributed by atoms with Gasteiger partial charge in [-0.25, -0.2) is 0 Å². The Labute approximate surface area is 145 Å². The van der Waals surface area contributed by atoms with Crippen molar-refractivity contribution in [2.75, 3.05) is 33.7 Å². The zero-order valence-corrected chi connectivity index (χ0v) is 15.8. The van der Waals surface area contributed by atoms with Crippen molar-refractivity contribution in [3.8, 4) is 0 Å². The van der Waals surface area contributed by atoms with Crippen molar-refractivity contribution in [2.45, 2.75) is 46.6 Å². The van der Waals surface area contributed by atoms with Gasteiger partial charge in [0.25, 0.3) is 5.91 Å². The lowest BCUT2D eigenvalue weighted by Gasteiger charge is -2.28. The van der Waals surface area contributed by atoms with E-state index in [1.807, 2.05) is 39.8 Å². The number of hydrogen-bond acceptors (Lipinski definition) is 4. The maximum absolute atomic E-state index is 12.8. The molecule has 1 aromatic rings. The molecule has 1 atom stereocenters. The second-order valence-corrected chi connectivity index (χ2v) is 6.49.